The standard InChI is InChI=1S/C20H19N5O8S/c1-13-18(24(27)28)9-16(10-19(13)25(29)30)34(31,32)22-7-8-23-12-21-17(11-20(23)26)14-3-5-15(33-2)6-4-14/h3-6,9-12,22H,7-8H2,1-2H3. The molecule has 0 aliphatic heterocycles. The summed E-state index contributed by atoms with van der Waals surface area (Å²) in [5.74, 6) is 0.647. The number of hydrogen-bond donors (Lipinski definition) is 1. The second-order valence-electron chi connectivity index (χ2n) is 7.03. The van der Waals surface area contributed by atoms with E-state index >= 15 is 0 Å². The van der Waals surface area contributed by atoms with Crippen LogP contribution < -0.4 is 15.0 Å². The van der Waals surface area contributed by atoms with Gasteiger partial charge < -0.3 is 4.74 Å². The van der Waals surface area contributed by atoms with Crippen molar-refractivity contribution < 1.29 is 23.0 Å². The zero-order valence-electron chi connectivity index (χ0n) is 18.0. The molecular weight excluding hydrogens is 470 g/mol. The normalized spacial score (nSPS) is 11.2. The van der Waals surface area contributed by atoms with Gasteiger partial charge in [0.2, 0.25) is 10.0 Å². The number of ether oxygens (including phenoxy) is 1. The van der Waals surface area contributed by atoms with E-state index in [9.17, 15) is 33.4 Å². The van der Waals surface area contributed by atoms with Crippen molar-refractivity contribution >= 4 is 21.4 Å². The number of hydrogen-bond acceptors (Lipinski definition) is 9. The van der Waals surface area contributed by atoms with E-state index < -0.39 is 41.7 Å². The Hall–Kier alpha value is -4.17. The molecule has 0 amide bonds. The van der Waals surface area contributed by atoms with Crippen LogP contribution in [0.25, 0.3) is 11.3 Å². The van der Waals surface area contributed by atoms with Crippen molar-refractivity contribution in [1.82, 2.24) is 14.3 Å². The number of nitro groups is 2. The Balaban J connectivity index is 1.76. The number of nitrogens with zero attached hydrogens (tertiary/aromatic N) is 4. The largest absolute Gasteiger partial charge is 0.497 e. The van der Waals surface area contributed by atoms with E-state index in [1.165, 1.54) is 24.1 Å². The first-order valence-electron chi connectivity index (χ1n) is 9.67. The first-order chi connectivity index (χ1) is 16.0. The number of sulfonamides is 1. The van der Waals surface area contributed by atoms with Gasteiger partial charge in [0.05, 0.1) is 33.9 Å². The fourth-order valence-electron chi connectivity index (χ4n) is 3.09. The molecule has 0 fully saturated rings. The quantitative estimate of drug-likeness (QED) is 0.348. The predicted octanol–water partition coefficient (Wildman–Crippen LogP) is 2.02. The maximum Gasteiger partial charge on any atom is 0.280 e. The molecule has 178 valence electrons. The lowest BCUT2D eigenvalue weighted by Crippen LogP contribution is -2.31. The molecule has 34 heavy (non-hydrogen) atoms. The molecule has 14 heteroatoms. The third-order valence-electron chi connectivity index (χ3n) is 4.94. The highest BCUT2D eigenvalue weighted by molar-refractivity contribution is 7.89. The number of benzene rings is 2. The molecular formula is C20H19N5O8S. The number of aromatic nitrogens is 2. The van der Waals surface area contributed by atoms with Crippen LogP contribution in [0.5, 0.6) is 5.75 Å². The fraction of sp³-hybridized carbons (Fsp3) is 0.200. The monoisotopic (exact) mass is 489 g/mol. The van der Waals surface area contributed by atoms with Crippen molar-refractivity contribution in [2.45, 2.75) is 18.4 Å². The van der Waals surface area contributed by atoms with Crippen LogP contribution in [-0.2, 0) is 16.6 Å². The van der Waals surface area contributed by atoms with Crippen LogP contribution in [0.2, 0.25) is 0 Å². The Bertz CT molecular complexity index is 1380. The molecule has 0 aliphatic rings. The first kappa shape index (κ1) is 24.5. The van der Waals surface area contributed by atoms with Gasteiger partial charge in [-0.2, -0.15) is 0 Å². The number of rotatable bonds is 9. The molecule has 3 rings (SSSR count). The van der Waals surface area contributed by atoms with Crippen LogP contribution in [0.1, 0.15) is 5.56 Å². The maximum absolute atomic E-state index is 12.6. The van der Waals surface area contributed by atoms with Gasteiger partial charge in [0.15, 0.2) is 0 Å². The van der Waals surface area contributed by atoms with Gasteiger partial charge in [0, 0.05) is 36.9 Å². The van der Waals surface area contributed by atoms with E-state index in [0.29, 0.717) is 17.0 Å². The molecule has 0 aliphatic carbocycles. The predicted molar refractivity (Wildman–Crippen MR) is 120 cm³/mol. The van der Waals surface area contributed by atoms with E-state index in [2.05, 4.69) is 9.71 Å². The Kier molecular flexibility index (Phi) is 7.03. The van der Waals surface area contributed by atoms with E-state index in [1.54, 1.807) is 24.3 Å². The van der Waals surface area contributed by atoms with Gasteiger partial charge in [0.1, 0.15) is 11.3 Å². The maximum atomic E-state index is 12.6. The highest BCUT2D eigenvalue weighted by Crippen LogP contribution is 2.31. The lowest BCUT2D eigenvalue weighted by atomic mass is 10.1. The molecule has 1 heterocycles. The summed E-state index contributed by atoms with van der Waals surface area (Å²) in [6.45, 7) is 0.806. The molecule has 0 spiro atoms. The molecule has 1 N–H and O–H groups in total. The Morgan fingerprint density at radius 1 is 1.06 bits per heavy atom. The summed E-state index contributed by atoms with van der Waals surface area (Å²) < 4.78 is 33.6. The van der Waals surface area contributed by atoms with Crippen LogP contribution in [0.4, 0.5) is 11.4 Å². The van der Waals surface area contributed by atoms with Crippen molar-refractivity contribution in [3.63, 3.8) is 0 Å². The fourth-order valence-corrected chi connectivity index (χ4v) is 4.15. The third-order valence-corrected chi connectivity index (χ3v) is 6.38. The van der Waals surface area contributed by atoms with E-state index in [-0.39, 0.29) is 18.7 Å². The van der Waals surface area contributed by atoms with E-state index in [4.69, 9.17) is 4.74 Å². The van der Waals surface area contributed by atoms with Gasteiger partial charge in [-0.1, -0.05) is 0 Å². The van der Waals surface area contributed by atoms with Gasteiger partial charge in [-0.05, 0) is 31.2 Å². The summed E-state index contributed by atoms with van der Waals surface area (Å²) in [5.41, 5.74) is -0.963. The van der Waals surface area contributed by atoms with Crippen LogP contribution in [0.15, 0.2) is 58.5 Å². The average molecular weight is 489 g/mol. The Labute approximate surface area is 193 Å². The Morgan fingerprint density at radius 3 is 2.15 bits per heavy atom. The molecule has 0 saturated heterocycles. The summed E-state index contributed by atoms with van der Waals surface area (Å²) in [4.78, 5) is 36.6. The van der Waals surface area contributed by atoms with Gasteiger partial charge in [-0.25, -0.2) is 18.1 Å². The number of nitro benzene ring substituents is 2. The SMILES string of the molecule is COc1ccc(-c2cc(=O)n(CCNS(=O)(=O)c3cc([N+](=O)[O-])c(C)c([N+](=O)[O-])c3)cn2)cc1. The summed E-state index contributed by atoms with van der Waals surface area (Å²) in [5, 5.41) is 22.4. The Morgan fingerprint density at radius 2 is 1.65 bits per heavy atom. The third kappa shape index (κ3) is 5.24. The topological polar surface area (TPSA) is 177 Å². The summed E-state index contributed by atoms with van der Waals surface area (Å²) in [7, 11) is -2.80. The van der Waals surface area contributed by atoms with Crippen molar-refractivity contribution in [2.75, 3.05) is 13.7 Å². The minimum absolute atomic E-state index is 0.0933. The zero-order chi connectivity index (χ0) is 25.0. The molecule has 13 nitrogen and oxygen atoms in total. The van der Waals surface area contributed by atoms with E-state index in [0.717, 1.165) is 19.1 Å². The van der Waals surface area contributed by atoms with Crippen LogP contribution in [-0.4, -0.2) is 41.5 Å². The second kappa shape index (κ2) is 9.76. The first-order valence-corrected chi connectivity index (χ1v) is 11.2. The molecule has 1 aromatic heterocycles. The number of nitrogens with one attached hydrogen (secondary N) is 1. The zero-order valence-corrected chi connectivity index (χ0v) is 18.8. The number of methoxy groups -OCH3 is 1. The summed E-state index contributed by atoms with van der Waals surface area (Å²) in [6, 6.07) is 9.71. The molecule has 2 aromatic carbocycles. The molecule has 3 aromatic rings. The van der Waals surface area contributed by atoms with Gasteiger partial charge in [0.25, 0.3) is 16.9 Å². The lowest BCUT2D eigenvalue weighted by molar-refractivity contribution is -0.395. The van der Waals surface area contributed by atoms with Crippen LogP contribution >= 0.6 is 0 Å². The van der Waals surface area contributed by atoms with Crippen molar-refractivity contribution in [2.24, 2.45) is 0 Å². The summed E-state index contributed by atoms with van der Waals surface area (Å²) >= 11 is 0. The average Bonchev–Trinajstić information content (AvgIpc) is 2.79. The highest BCUT2D eigenvalue weighted by Gasteiger charge is 2.27. The molecule has 0 radical (unpaired) electrons. The second-order valence-corrected chi connectivity index (χ2v) is 8.80. The minimum Gasteiger partial charge on any atom is -0.497 e. The van der Waals surface area contributed by atoms with Crippen LogP contribution in [0.3, 0.4) is 0 Å². The van der Waals surface area contributed by atoms with Gasteiger partial charge in [-0.15, -0.1) is 0 Å². The highest BCUT2D eigenvalue weighted by atomic mass is 32.2. The van der Waals surface area contributed by atoms with Gasteiger partial charge >= 0.3 is 0 Å². The van der Waals surface area contributed by atoms with Crippen molar-refractivity contribution in [1.29, 1.82) is 0 Å². The molecule has 0 saturated carbocycles. The van der Waals surface area contributed by atoms with Crippen molar-refractivity contribution in [3.05, 3.63) is 84.9 Å². The summed E-state index contributed by atoms with van der Waals surface area (Å²) in [6.07, 6.45) is 1.26. The minimum atomic E-state index is -4.34. The van der Waals surface area contributed by atoms with Crippen LogP contribution in [0, 0.1) is 27.2 Å². The van der Waals surface area contributed by atoms with E-state index in [1.807, 2.05) is 0 Å². The smallest absolute Gasteiger partial charge is 0.280 e. The van der Waals surface area contributed by atoms with Crippen molar-refractivity contribution in [3.8, 4) is 17.0 Å². The molecule has 0 unspecified atom stereocenters. The molecule has 0 atom stereocenters. The lowest BCUT2D eigenvalue weighted by Gasteiger charge is -2.10. The van der Waals surface area contributed by atoms with Gasteiger partial charge in [-0.3, -0.25) is 29.6 Å². The molecule has 0 bridgehead atoms.